The lowest BCUT2D eigenvalue weighted by atomic mass is 10.1. The van der Waals surface area contributed by atoms with Gasteiger partial charge in [-0.25, -0.2) is 8.78 Å². The van der Waals surface area contributed by atoms with E-state index < -0.39 is 40.5 Å². The number of nitriles is 2. The first-order chi connectivity index (χ1) is 12.2. The first-order valence-electron chi connectivity index (χ1n) is 6.74. The molecule has 26 heavy (non-hydrogen) atoms. The predicted octanol–water partition coefficient (Wildman–Crippen LogP) is 3.48. The van der Waals surface area contributed by atoms with Crippen LogP contribution in [0.1, 0.15) is 27.0 Å². The average Bonchev–Trinajstić information content (AvgIpc) is 2.58. The molecule has 0 radical (unpaired) electrons. The van der Waals surface area contributed by atoms with Crippen molar-refractivity contribution < 1.29 is 26.7 Å². The maximum atomic E-state index is 13.8. The van der Waals surface area contributed by atoms with Crippen molar-refractivity contribution in [2.24, 2.45) is 0 Å². The maximum absolute atomic E-state index is 13.8. The van der Waals surface area contributed by atoms with Gasteiger partial charge in [-0.2, -0.15) is 23.7 Å². The molecule has 0 atom stereocenters. The summed E-state index contributed by atoms with van der Waals surface area (Å²) < 4.78 is 66.4. The maximum Gasteiger partial charge on any atom is 0.421 e. The molecule has 0 spiro atoms. The number of hydrazine groups is 1. The van der Waals surface area contributed by atoms with Gasteiger partial charge in [-0.15, -0.1) is 0 Å². The van der Waals surface area contributed by atoms with Crippen molar-refractivity contribution in [3.05, 3.63) is 64.2 Å². The number of nitrogens with one attached hydrogen (secondary N) is 2. The molecule has 2 rings (SSSR count). The number of carbonyl (C=O) groups is 1. The van der Waals surface area contributed by atoms with Gasteiger partial charge < -0.3 is 0 Å². The Morgan fingerprint density at radius 2 is 1.62 bits per heavy atom. The quantitative estimate of drug-likeness (QED) is 0.643. The molecule has 0 fully saturated rings. The Labute approximate surface area is 143 Å². The smallest absolute Gasteiger partial charge is 0.298 e. The van der Waals surface area contributed by atoms with Gasteiger partial charge >= 0.3 is 6.18 Å². The zero-order chi connectivity index (χ0) is 19.5. The first kappa shape index (κ1) is 18.7. The predicted molar refractivity (Wildman–Crippen MR) is 78.3 cm³/mol. The van der Waals surface area contributed by atoms with E-state index in [1.165, 1.54) is 6.07 Å². The number of benzene rings is 2. The van der Waals surface area contributed by atoms with Gasteiger partial charge in [-0.05, 0) is 30.3 Å². The van der Waals surface area contributed by atoms with Crippen LogP contribution in [0, 0.1) is 34.3 Å². The van der Waals surface area contributed by atoms with Gasteiger partial charge in [0.1, 0.15) is 23.5 Å². The average molecular weight is 366 g/mol. The molecule has 5 nitrogen and oxygen atoms in total. The molecule has 0 aliphatic carbocycles. The van der Waals surface area contributed by atoms with E-state index in [0.717, 1.165) is 30.3 Å². The molecule has 0 aromatic heterocycles. The lowest BCUT2D eigenvalue weighted by molar-refractivity contribution is -0.139. The molecule has 0 heterocycles. The fourth-order valence-electron chi connectivity index (χ4n) is 1.99. The molecule has 2 aromatic carbocycles. The summed E-state index contributed by atoms with van der Waals surface area (Å²) in [7, 11) is 0. The summed E-state index contributed by atoms with van der Waals surface area (Å²) in [6.45, 7) is 0. The number of carbonyl (C=O) groups excluding carboxylic acids is 1. The number of anilines is 1. The second kappa shape index (κ2) is 7.07. The third-order valence-corrected chi connectivity index (χ3v) is 3.21. The molecule has 1 amide bonds. The van der Waals surface area contributed by atoms with E-state index in [4.69, 9.17) is 10.5 Å². The monoisotopic (exact) mass is 366 g/mol. The molecular weight excluding hydrogens is 359 g/mol. The van der Waals surface area contributed by atoms with Crippen LogP contribution in [0.2, 0.25) is 0 Å². The lowest BCUT2D eigenvalue weighted by Gasteiger charge is -2.16. The molecule has 0 saturated carbocycles. The topological polar surface area (TPSA) is 88.7 Å². The van der Waals surface area contributed by atoms with E-state index in [2.05, 4.69) is 0 Å². The fourth-order valence-corrected chi connectivity index (χ4v) is 1.99. The van der Waals surface area contributed by atoms with Crippen molar-refractivity contribution in [3.63, 3.8) is 0 Å². The summed E-state index contributed by atoms with van der Waals surface area (Å²) >= 11 is 0. The number of nitrogens with zero attached hydrogens (tertiary/aromatic N) is 2. The summed E-state index contributed by atoms with van der Waals surface area (Å²) in [6.07, 6.45) is -5.13. The van der Waals surface area contributed by atoms with E-state index >= 15 is 0 Å². The fraction of sp³-hybridized carbons (Fsp3) is 0.0625. The summed E-state index contributed by atoms with van der Waals surface area (Å²) in [5, 5.41) is 17.2. The molecule has 10 heteroatoms. The van der Waals surface area contributed by atoms with Crippen molar-refractivity contribution in [1.82, 2.24) is 5.43 Å². The van der Waals surface area contributed by atoms with Gasteiger partial charge in [0.05, 0.1) is 16.8 Å². The third kappa shape index (κ3) is 3.70. The third-order valence-electron chi connectivity index (χ3n) is 3.21. The SMILES string of the molecule is N#Cc1ccc(C(=O)NNc2ccc(C#N)c(F)c2C(F)(F)F)cc1F. The zero-order valence-corrected chi connectivity index (χ0v) is 12.6. The second-order valence-electron chi connectivity index (χ2n) is 4.84. The molecular formula is C16H7F5N4O. The summed E-state index contributed by atoms with van der Waals surface area (Å²) in [6, 6.07) is 7.23. The van der Waals surface area contributed by atoms with Crippen LogP contribution in [0.5, 0.6) is 0 Å². The molecule has 0 saturated heterocycles. The van der Waals surface area contributed by atoms with E-state index in [0.29, 0.717) is 0 Å². The standard InChI is InChI=1S/C16H7F5N4O/c17-11-5-8(1-2-9(11)6-22)15(26)25-24-12-4-3-10(7-23)14(18)13(12)16(19,20)21/h1-5,24H,(H,25,26). The minimum absolute atomic E-state index is 0.281. The van der Waals surface area contributed by atoms with Crippen molar-refractivity contribution in [2.75, 3.05) is 5.43 Å². The molecule has 2 aromatic rings. The van der Waals surface area contributed by atoms with E-state index in [9.17, 15) is 26.7 Å². The van der Waals surface area contributed by atoms with Crippen LogP contribution >= 0.6 is 0 Å². The Balaban J connectivity index is 2.29. The van der Waals surface area contributed by atoms with Gasteiger partial charge in [0, 0.05) is 5.56 Å². The normalized spacial score (nSPS) is 10.6. The van der Waals surface area contributed by atoms with Crippen LogP contribution < -0.4 is 10.9 Å². The number of alkyl halides is 3. The molecule has 0 unspecified atom stereocenters. The molecule has 0 aliphatic rings. The number of amides is 1. The Hall–Kier alpha value is -3.66. The first-order valence-corrected chi connectivity index (χ1v) is 6.74. The zero-order valence-electron chi connectivity index (χ0n) is 12.6. The van der Waals surface area contributed by atoms with E-state index in [-0.39, 0.29) is 11.1 Å². The minimum Gasteiger partial charge on any atom is -0.298 e. The second-order valence-corrected chi connectivity index (χ2v) is 4.84. The van der Waals surface area contributed by atoms with Crippen LogP contribution in [0.25, 0.3) is 0 Å². The van der Waals surface area contributed by atoms with Crippen LogP contribution in [0.15, 0.2) is 30.3 Å². The highest BCUT2D eigenvalue weighted by molar-refractivity contribution is 5.95. The largest absolute Gasteiger partial charge is 0.421 e. The van der Waals surface area contributed by atoms with Gasteiger partial charge in [0.15, 0.2) is 5.82 Å². The Morgan fingerprint density at radius 1 is 1.00 bits per heavy atom. The van der Waals surface area contributed by atoms with Crippen molar-refractivity contribution >= 4 is 11.6 Å². The van der Waals surface area contributed by atoms with Crippen molar-refractivity contribution in [1.29, 1.82) is 10.5 Å². The summed E-state index contributed by atoms with van der Waals surface area (Å²) in [5.41, 5.74) is -0.241. The summed E-state index contributed by atoms with van der Waals surface area (Å²) in [4.78, 5) is 11.9. The number of hydrogen-bond donors (Lipinski definition) is 2. The highest BCUT2D eigenvalue weighted by atomic mass is 19.4. The van der Waals surface area contributed by atoms with Gasteiger partial charge in [0.2, 0.25) is 0 Å². The number of rotatable bonds is 3. The molecule has 0 bridgehead atoms. The van der Waals surface area contributed by atoms with Crippen LogP contribution in [-0.2, 0) is 6.18 Å². The van der Waals surface area contributed by atoms with Gasteiger partial charge in [-0.1, -0.05) is 0 Å². The van der Waals surface area contributed by atoms with E-state index in [1.807, 2.05) is 10.9 Å². The van der Waals surface area contributed by atoms with Crippen LogP contribution in [-0.4, -0.2) is 5.91 Å². The Bertz CT molecular complexity index is 957. The van der Waals surface area contributed by atoms with Crippen LogP contribution in [0.3, 0.4) is 0 Å². The van der Waals surface area contributed by atoms with Gasteiger partial charge in [-0.3, -0.25) is 15.6 Å². The molecule has 2 N–H and O–H groups in total. The van der Waals surface area contributed by atoms with E-state index in [1.54, 1.807) is 6.07 Å². The summed E-state index contributed by atoms with van der Waals surface area (Å²) in [5.74, 6) is -3.80. The Kier molecular flexibility index (Phi) is 5.08. The highest BCUT2D eigenvalue weighted by Gasteiger charge is 2.38. The number of hydrogen-bond acceptors (Lipinski definition) is 4. The minimum atomic E-state index is -5.13. The number of halogens is 5. The van der Waals surface area contributed by atoms with Crippen LogP contribution in [0.4, 0.5) is 27.6 Å². The molecule has 132 valence electrons. The lowest BCUT2D eigenvalue weighted by Crippen LogP contribution is -2.31. The van der Waals surface area contributed by atoms with Gasteiger partial charge in [0.25, 0.3) is 5.91 Å². The Morgan fingerprint density at radius 3 is 2.15 bits per heavy atom. The highest BCUT2D eigenvalue weighted by Crippen LogP contribution is 2.37. The molecule has 0 aliphatic heterocycles. The van der Waals surface area contributed by atoms with Crippen molar-refractivity contribution in [3.8, 4) is 12.1 Å². The van der Waals surface area contributed by atoms with Crippen molar-refractivity contribution in [2.45, 2.75) is 6.18 Å².